The molecule has 1 heterocycles. The fourth-order valence-corrected chi connectivity index (χ4v) is 5.90. The normalized spacial score (nSPS) is 23.9. The molecule has 1 aliphatic rings. The molecule has 8 heteroatoms. The molecule has 0 spiro atoms. The van der Waals surface area contributed by atoms with Crippen LogP contribution in [0.5, 0.6) is 0 Å². The lowest BCUT2D eigenvalue weighted by atomic mass is 9.85. The Hall–Kier alpha value is -1.57. The van der Waals surface area contributed by atoms with E-state index in [2.05, 4.69) is 0 Å². The number of carbonyl (C=O) groups is 1. The summed E-state index contributed by atoms with van der Waals surface area (Å²) in [5.41, 5.74) is 0.0115. The van der Waals surface area contributed by atoms with Crippen LogP contribution >= 0.6 is 22.9 Å². The SMILES string of the molecule is O=C(O)c1ccc(CCCC2C(Cl)CC(O)C2CCCc2cccc(C(F)(F)F)c2)s1. The van der Waals surface area contributed by atoms with E-state index in [0.717, 1.165) is 30.2 Å². The van der Waals surface area contributed by atoms with Gasteiger partial charge in [0.15, 0.2) is 0 Å². The van der Waals surface area contributed by atoms with E-state index in [-0.39, 0.29) is 17.2 Å². The Morgan fingerprint density at radius 3 is 2.48 bits per heavy atom. The summed E-state index contributed by atoms with van der Waals surface area (Å²) in [5, 5.41) is 19.4. The van der Waals surface area contributed by atoms with Gasteiger partial charge >= 0.3 is 12.1 Å². The summed E-state index contributed by atoms with van der Waals surface area (Å²) in [4.78, 5) is 12.3. The number of aliphatic hydroxyl groups is 1. The number of thiophene rings is 1. The Balaban J connectivity index is 1.51. The van der Waals surface area contributed by atoms with Crippen molar-refractivity contribution in [3.8, 4) is 0 Å². The van der Waals surface area contributed by atoms with E-state index in [0.29, 0.717) is 36.1 Å². The standard InChI is InChI=1S/C23H26ClF3O3S/c24-19-13-20(28)18(9-2-5-14-4-1-6-15(12-14)23(25,26)27)17(19)8-3-7-16-10-11-21(31-16)22(29)30/h1,4,6,10-12,17-20,28H,2-3,5,7-9,13H2,(H,29,30). The van der Waals surface area contributed by atoms with Crippen LogP contribution in [0.3, 0.4) is 0 Å². The van der Waals surface area contributed by atoms with Gasteiger partial charge in [-0.2, -0.15) is 13.2 Å². The largest absolute Gasteiger partial charge is 0.477 e. The lowest BCUT2D eigenvalue weighted by Gasteiger charge is -2.23. The third-order valence-electron chi connectivity index (χ3n) is 6.07. The quantitative estimate of drug-likeness (QED) is 0.412. The number of carboxylic acids is 1. The van der Waals surface area contributed by atoms with Crippen LogP contribution in [-0.4, -0.2) is 27.7 Å². The summed E-state index contributed by atoms with van der Waals surface area (Å²) in [7, 11) is 0. The van der Waals surface area contributed by atoms with Gasteiger partial charge in [-0.15, -0.1) is 22.9 Å². The second-order valence-electron chi connectivity index (χ2n) is 8.20. The molecule has 3 rings (SSSR count). The molecule has 31 heavy (non-hydrogen) atoms. The predicted octanol–water partition coefficient (Wildman–Crippen LogP) is 6.42. The van der Waals surface area contributed by atoms with Crippen molar-refractivity contribution in [1.82, 2.24) is 0 Å². The number of hydrogen-bond donors (Lipinski definition) is 2. The maximum absolute atomic E-state index is 12.9. The van der Waals surface area contributed by atoms with Gasteiger partial charge in [0.25, 0.3) is 0 Å². The van der Waals surface area contributed by atoms with E-state index < -0.39 is 23.8 Å². The lowest BCUT2D eigenvalue weighted by molar-refractivity contribution is -0.137. The zero-order valence-corrected chi connectivity index (χ0v) is 18.5. The van der Waals surface area contributed by atoms with Crippen molar-refractivity contribution in [3.63, 3.8) is 0 Å². The van der Waals surface area contributed by atoms with E-state index in [4.69, 9.17) is 16.7 Å². The Morgan fingerprint density at radius 1 is 1.10 bits per heavy atom. The van der Waals surface area contributed by atoms with Gasteiger partial charge in [0.2, 0.25) is 0 Å². The summed E-state index contributed by atoms with van der Waals surface area (Å²) in [6.45, 7) is 0. The molecule has 0 saturated heterocycles. The number of carboxylic acid groups (broad SMARTS) is 1. The van der Waals surface area contributed by atoms with Gasteiger partial charge in [-0.05, 0) is 80.5 Å². The predicted molar refractivity (Wildman–Crippen MR) is 116 cm³/mol. The molecule has 0 amide bonds. The molecule has 1 aromatic carbocycles. The number of hydrogen-bond acceptors (Lipinski definition) is 3. The molecule has 2 aromatic rings. The van der Waals surface area contributed by atoms with E-state index in [1.807, 2.05) is 6.07 Å². The maximum atomic E-state index is 12.9. The fourth-order valence-electron chi connectivity index (χ4n) is 4.52. The summed E-state index contributed by atoms with van der Waals surface area (Å²) >= 11 is 7.78. The van der Waals surface area contributed by atoms with Crippen LogP contribution in [0.15, 0.2) is 36.4 Å². The molecule has 0 bridgehead atoms. The first kappa shape index (κ1) is 24.1. The van der Waals surface area contributed by atoms with Crippen molar-refractivity contribution in [3.05, 3.63) is 57.3 Å². The number of aromatic carboxylic acids is 1. The Labute approximate surface area is 188 Å². The van der Waals surface area contributed by atoms with Crippen LogP contribution < -0.4 is 0 Å². The molecule has 1 saturated carbocycles. The summed E-state index contributed by atoms with van der Waals surface area (Å²) in [6.07, 6.45) is 0.0817. The molecule has 170 valence electrons. The number of benzene rings is 1. The molecule has 2 N–H and O–H groups in total. The van der Waals surface area contributed by atoms with Gasteiger partial charge in [-0.25, -0.2) is 4.79 Å². The highest BCUT2D eigenvalue weighted by molar-refractivity contribution is 7.13. The Kier molecular flexibility index (Phi) is 8.05. The van der Waals surface area contributed by atoms with Crippen molar-refractivity contribution in [2.45, 2.75) is 62.6 Å². The van der Waals surface area contributed by atoms with Gasteiger partial charge in [-0.1, -0.05) is 18.2 Å². The van der Waals surface area contributed by atoms with Gasteiger partial charge < -0.3 is 10.2 Å². The van der Waals surface area contributed by atoms with Crippen LogP contribution in [0, 0.1) is 11.8 Å². The average molecular weight is 475 g/mol. The van der Waals surface area contributed by atoms with E-state index in [1.54, 1.807) is 12.1 Å². The number of aryl methyl sites for hydroxylation is 2. The highest BCUT2D eigenvalue weighted by Crippen LogP contribution is 2.42. The molecule has 4 atom stereocenters. The van der Waals surface area contributed by atoms with Crippen LogP contribution in [0.25, 0.3) is 0 Å². The Bertz CT molecular complexity index is 883. The van der Waals surface area contributed by atoms with Gasteiger partial charge in [0.05, 0.1) is 11.7 Å². The number of halogens is 4. The molecule has 4 unspecified atom stereocenters. The van der Waals surface area contributed by atoms with Crippen LogP contribution in [0.1, 0.15) is 57.8 Å². The lowest BCUT2D eigenvalue weighted by Crippen LogP contribution is -2.21. The Morgan fingerprint density at radius 2 is 1.81 bits per heavy atom. The molecule has 1 aromatic heterocycles. The zero-order valence-electron chi connectivity index (χ0n) is 16.9. The van der Waals surface area contributed by atoms with Crippen molar-refractivity contribution in [1.29, 1.82) is 0 Å². The number of rotatable bonds is 9. The highest BCUT2D eigenvalue weighted by atomic mass is 35.5. The smallest absolute Gasteiger partial charge is 0.416 e. The number of alkyl halides is 4. The average Bonchev–Trinajstić information content (AvgIpc) is 3.27. The van der Waals surface area contributed by atoms with E-state index in [9.17, 15) is 23.1 Å². The number of aliphatic hydroxyl groups excluding tert-OH is 1. The highest BCUT2D eigenvalue weighted by Gasteiger charge is 2.40. The van der Waals surface area contributed by atoms with Crippen LogP contribution in [-0.2, 0) is 19.0 Å². The first-order valence-corrected chi connectivity index (χ1v) is 11.7. The molecular formula is C23H26ClF3O3S. The van der Waals surface area contributed by atoms with Gasteiger partial charge in [0, 0.05) is 10.3 Å². The minimum Gasteiger partial charge on any atom is -0.477 e. The third kappa shape index (κ3) is 6.46. The van der Waals surface area contributed by atoms with E-state index in [1.165, 1.54) is 23.5 Å². The summed E-state index contributed by atoms with van der Waals surface area (Å²) in [6, 6.07) is 8.85. The van der Waals surface area contributed by atoms with Gasteiger partial charge in [0.1, 0.15) is 4.88 Å². The fraction of sp³-hybridized carbons (Fsp3) is 0.522. The molecule has 3 nitrogen and oxygen atoms in total. The molecule has 0 aliphatic heterocycles. The minimum atomic E-state index is -4.34. The molecule has 0 radical (unpaired) electrons. The van der Waals surface area contributed by atoms with Crippen molar-refractivity contribution < 1.29 is 28.2 Å². The van der Waals surface area contributed by atoms with Crippen molar-refractivity contribution in [2.24, 2.45) is 11.8 Å². The molecule has 1 fully saturated rings. The van der Waals surface area contributed by atoms with Crippen LogP contribution in [0.4, 0.5) is 13.2 Å². The van der Waals surface area contributed by atoms with Crippen LogP contribution in [0.2, 0.25) is 0 Å². The molecular weight excluding hydrogens is 449 g/mol. The van der Waals surface area contributed by atoms with Gasteiger partial charge in [-0.3, -0.25) is 0 Å². The summed E-state index contributed by atoms with van der Waals surface area (Å²) < 4.78 is 38.7. The molecule has 1 aliphatic carbocycles. The van der Waals surface area contributed by atoms with E-state index >= 15 is 0 Å². The van der Waals surface area contributed by atoms with Crippen molar-refractivity contribution in [2.75, 3.05) is 0 Å². The summed E-state index contributed by atoms with van der Waals surface area (Å²) in [5.74, 6) is -0.736. The van der Waals surface area contributed by atoms with Crippen molar-refractivity contribution >= 4 is 28.9 Å². The monoisotopic (exact) mass is 474 g/mol. The third-order valence-corrected chi connectivity index (χ3v) is 7.70. The minimum absolute atomic E-state index is 0.0335. The first-order chi connectivity index (χ1) is 14.6. The second kappa shape index (κ2) is 10.4. The maximum Gasteiger partial charge on any atom is 0.416 e. The first-order valence-electron chi connectivity index (χ1n) is 10.5. The topological polar surface area (TPSA) is 57.5 Å². The zero-order chi connectivity index (χ0) is 22.6. The second-order valence-corrected chi connectivity index (χ2v) is 9.93.